The summed E-state index contributed by atoms with van der Waals surface area (Å²) in [5, 5.41) is 3.61. The zero-order valence-corrected chi connectivity index (χ0v) is 19.6. The number of benzene rings is 4. The van der Waals surface area contributed by atoms with Gasteiger partial charge in [-0.3, -0.25) is 4.79 Å². The molecule has 0 atom stereocenters. The molecule has 148 valence electrons. The summed E-state index contributed by atoms with van der Waals surface area (Å²) in [6, 6.07) is 34.2. The first kappa shape index (κ1) is 21.0. The minimum Gasteiger partial charge on any atom is -0.322 e. The van der Waals surface area contributed by atoms with Crippen molar-refractivity contribution in [2.24, 2.45) is 0 Å². The summed E-state index contributed by atoms with van der Waals surface area (Å²) in [7, 11) is -0.227. The van der Waals surface area contributed by atoms with Crippen LogP contribution in [0.2, 0.25) is 5.02 Å². The first-order valence-corrected chi connectivity index (χ1v) is 12.0. The molecule has 4 aromatic rings. The van der Waals surface area contributed by atoms with Crippen LogP contribution in [0.1, 0.15) is 10.4 Å². The molecule has 0 saturated carbocycles. The highest BCUT2D eigenvalue weighted by Crippen LogP contribution is 2.31. The molecule has 0 bridgehead atoms. The molecule has 2 nitrogen and oxygen atoms in total. The first-order chi connectivity index (χ1) is 14.6. The van der Waals surface area contributed by atoms with E-state index >= 15 is 0 Å². The fourth-order valence-electron chi connectivity index (χ4n) is 3.04. The normalized spacial score (nSPS) is 10.8. The molecule has 4 aromatic carbocycles. The third kappa shape index (κ3) is 4.89. The zero-order valence-electron chi connectivity index (χ0n) is 15.9. The summed E-state index contributed by atoms with van der Waals surface area (Å²) in [6.07, 6.45) is 0. The van der Waals surface area contributed by atoms with Crippen LogP contribution in [0.3, 0.4) is 0 Å². The van der Waals surface area contributed by atoms with Gasteiger partial charge in [0.05, 0.1) is 15.9 Å². The van der Waals surface area contributed by atoms with E-state index in [1.165, 1.54) is 14.7 Å². The quantitative estimate of drug-likeness (QED) is 0.208. The Balaban J connectivity index is 1.60. The summed E-state index contributed by atoms with van der Waals surface area (Å²) in [5.41, 5.74) is 1.35. The van der Waals surface area contributed by atoms with Crippen LogP contribution in [0.15, 0.2) is 118 Å². The topological polar surface area (TPSA) is 29.1 Å². The summed E-state index contributed by atoms with van der Waals surface area (Å²) in [6.45, 7) is 0. The Labute approximate surface area is 197 Å². The number of carbonyl (C=O) groups is 1. The Morgan fingerprint density at radius 3 is 1.80 bits per heavy atom. The van der Waals surface area contributed by atoms with Crippen molar-refractivity contribution in [1.29, 1.82) is 0 Å². The van der Waals surface area contributed by atoms with Gasteiger partial charge in [0.1, 0.15) is 0 Å². The number of hydrogen-bond acceptors (Lipinski definition) is 1. The highest BCUT2D eigenvalue weighted by Gasteiger charge is 2.28. The van der Waals surface area contributed by atoms with E-state index < -0.39 is 0 Å². The van der Waals surface area contributed by atoms with Crippen LogP contribution >= 0.6 is 34.2 Å². The Bertz CT molecular complexity index is 1110. The molecule has 0 fully saturated rings. The van der Waals surface area contributed by atoms with Crippen LogP contribution in [-0.2, 0) is 10.9 Å². The van der Waals surface area contributed by atoms with Crippen molar-refractivity contribution in [2.45, 2.75) is 14.7 Å². The molecular formula is C25H18ClINOS+. The largest absolute Gasteiger partial charge is 0.322 e. The molecule has 0 aliphatic rings. The number of halogens is 2. The van der Waals surface area contributed by atoms with E-state index in [0.29, 0.717) is 10.6 Å². The smallest absolute Gasteiger partial charge is 0.255 e. The summed E-state index contributed by atoms with van der Waals surface area (Å²) < 4.78 is 0.900. The number of amides is 1. The first-order valence-electron chi connectivity index (χ1n) is 9.33. The molecule has 1 N–H and O–H groups in total. The number of rotatable bonds is 5. The van der Waals surface area contributed by atoms with Gasteiger partial charge in [0.25, 0.3) is 5.91 Å². The van der Waals surface area contributed by atoms with Gasteiger partial charge in [-0.05, 0) is 89.3 Å². The van der Waals surface area contributed by atoms with Gasteiger partial charge in [-0.2, -0.15) is 0 Å². The minimum atomic E-state index is -0.227. The van der Waals surface area contributed by atoms with Crippen LogP contribution in [0, 0.1) is 3.57 Å². The lowest BCUT2D eigenvalue weighted by Crippen LogP contribution is -2.12. The van der Waals surface area contributed by atoms with Crippen LogP contribution < -0.4 is 5.32 Å². The van der Waals surface area contributed by atoms with Crippen LogP contribution in [0.4, 0.5) is 5.69 Å². The third-order valence-electron chi connectivity index (χ3n) is 4.49. The van der Waals surface area contributed by atoms with Gasteiger partial charge in [0.15, 0.2) is 14.7 Å². The van der Waals surface area contributed by atoms with Gasteiger partial charge >= 0.3 is 0 Å². The fraction of sp³-hybridized carbons (Fsp3) is 0. The molecule has 1 amide bonds. The van der Waals surface area contributed by atoms with Gasteiger partial charge in [0, 0.05) is 14.8 Å². The van der Waals surface area contributed by atoms with Crippen molar-refractivity contribution in [2.75, 3.05) is 5.32 Å². The molecular weight excluding hydrogens is 525 g/mol. The lowest BCUT2D eigenvalue weighted by Gasteiger charge is -2.09. The molecule has 0 aliphatic heterocycles. The van der Waals surface area contributed by atoms with Crippen molar-refractivity contribution in [3.8, 4) is 0 Å². The maximum atomic E-state index is 12.7. The molecule has 0 radical (unpaired) electrons. The molecule has 0 spiro atoms. The van der Waals surface area contributed by atoms with Crippen molar-refractivity contribution >= 4 is 56.7 Å². The van der Waals surface area contributed by atoms with E-state index in [0.717, 1.165) is 9.26 Å². The van der Waals surface area contributed by atoms with Gasteiger partial charge in [-0.1, -0.05) is 48.0 Å². The Morgan fingerprint density at radius 2 is 1.27 bits per heavy atom. The molecule has 0 unspecified atom stereocenters. The average molecular weight is 543 g/mol. The second-order valence-corrected chi connectivity index (χ2v) is 10.1. The van der Waals surface area contributed by atoms with E-state index in [9.17, 15) is 4.79 Å². The van der Waals surface area contributed by atoms with Crippen molar-refractivity contribution in [1.82, 2.24) is 0 Å². The molecule has 0 heterocycles. The lowest BCUT2D eigenvalue weighted by molar-refractivity contribution is 0.102. The maximum Gasteiger partial charge on any atom is 0.255 e. The van der Waals surface area contributed by atoms with Gasteiger partial charge in [-0.25, -0.2) is 0 Å². The molecule has 0 saturated heterocycles. The lowest BCUT2D eigenvalue weighted by atomic mass is 10.2. The number of carbonyl (C=O) groups excluding carboxylic acids is 1. The zero-order chi connectivity index (χ0) is 20.9. The third-order valence-corrected chi connectivity index (χ3v) is 8.26. The van der Waals surface area contributed by atoms with Crippen molar-refractivity contribution in [3.63, 3.8) is 0 Å². The fourth-order valence-corrected chi connectivity index (χ4v) is 5.76. The van der Waals surface area contributed by atoms with E-state index in [4.69, 9.17) is 11.6 Å². The Morgan fingerprint density at radius 1 is 0.733 bits per heavy atom. The second-order valence-electron chi connectivity index (χ2n) is 6.54. The molecule has 0 aliphatic carbocycles. The van der Waals surface area contributed by atoms with Crippen LogP contribution in [0.25, 0.3) is 0 Å². The predicted molar refractivity (Wildman–Crippen MR) is 134 cm³/mol. The van der Waals surface area contributed by atoms with Gasteiger partial charge < -0.3 is 5.32 Å². The van der Waals surface area contributed by atoms with Crippen LogP contribution in [-0.4, -0.2) is 5.91 Å². The molecule has 30 heavy (non-hydrogen) atoms. The predicted octanol–water partition coefficient (Wildman–Crippen LogP) is 7.29. The molecule has 5 heteroatoms. The summed E-state index contributed by atoms with van der Waals surface area (Å²) in [4.78, 5) is 16.4. The van der Waals surface area contributed by atoms with Crippen molar-refractivity contribution in [3.05, 3.63) is 117 Å². The van der Waals surface area contributed by atoms with Gasteiger partial charge in [0.2, 0.25) is 0 Å². The van der Waals surface area contributed by atoms with Gasteiger partial charge in [-0.15, -0.1) is 0 Å². The highest BCUT2D eigenvalue weighted by molar-refractivity contribution is 14.1. The number of anilines is 1. The SMILES string of the molecule is O=C(Nc1ccc(Cl)c(I)c1)c1ccc([S+](c2ccccc2)c2ccccc2)cc1. The monoisotopic (exact) mass is 542 g/mol. The average Bonchev–Trinajstić information content (AvgIpc) is 2.78. The maximum absolute atomic E-state index is 12.7. The number of hydrogen-bond donors (Lipinski definition) is 1. The van der Waals surface area contributed by atoms with E-state index in [1.54, 1.807) is 12.1 Å². The Kier molecular flexibility index (Phi) is 6.77. The second kappa shape index (κ2) is 9.69. The Hall–Kier alpha value is -2.28. The van der Waals surface area contributed by atoms with E-state index in [-0.39, 0.29) is 16.8 Å². The summed E-state index contributed by atoms with van der Waals surface area (Å²) >= 11 is 8.21. The molecule has 4 rings (SSSR count). The number of nitrogens with one attached hydrogen (secondary N) is 1. The molecule has 0 aromatic heterocycles. The standard InChI is InChI=1S/C25H17ClINOS/c26-23-16-13-19(17-24(23)27)28-25(29)18-11-14-22(15-12-18)30(20-7-3-1-4-8-20)21-9-5-2-6-10-21/h1-17H/p+1. The summed E-state index contributed by atoms with van der Waals surface area (Å²) in [5.74, 6) is -0.140. The van der Waals surface area contributed by atoms with E-state index in [2.05, 4.69) is 76.4 Å². The van der Waals surface area contributed by atoms with Crippen molar-refractivity contribution < 1.29 is 4.79 Å². The minimum absolute atomic E-state index is 0.140. The van der Waals surface area contributed by atoms with E-state index in [1.807, 2.05) is 42.5 Å². The van der Waals surface area contributed by atoms with Crippen LogP contribution in [0.5, 0.6) is 0 Å². The highest BCUT2D eigenvalue weighted by atomic mass is 127.